The van der Waals surface area contributed by atoms with Crippen molar-refractivity contribution >= 4 is 50.6 Å². The Morgan fingerprint density at radius 3 is 2.00 bits per heavy atom. The van der Waals surface area contributed by atoms with Crippen molar-refractivity contribution in [2.24, 2.45) is 0 Å². The van der Waals surface area contributed by atoms with E-state index >= 15 is 0 Å². The third-order valence-electron chi connectivity index (χ3n) is 0.668. The molecule has 0 radical (unpaired) electrons. The molecule has 0 saturated heterocycles. The number of hydrogen-bond acceptors (Lipinski definition) is 3. The van der Waals surface area contributed by atoms with Gasteiger partial charge in [0.25, 0.3) is 0 Å². The Hall–Kier alpha value is 0.410. The molecule has 0 aromatic heterocycles. The Labute approximate surface area is 85.9 Å². The molecule has 2 N–H and O–H groups in total. The van der Waals surface area contributed by atoms with Crippen LogP contribution in [0.4, 0.5) is 0 Å². The molecule has 0 aliphatic heterocycles. The van der Waals surface area contributed by atoms with Crippen LogP contribution in [0.15, 0.2) is 0 Å². The third-order valence-corrected chi connectivity index (χ3v) is 2.00. The topological polar surface area (TPSA) is 91.7 Å². The van der Waals surface area contributed by atoms with E-state index in [1.54, 1.807) is 0 Å². The fourth-order valence-electron chi connectivity index (χ4n) is 0.416. The van der Waals surface area contributed by atoms with Gasteiger partial charge in [0, 0.05) is 0 Å². The summed E-state index contributed by atoms with van der Waals surface area (Å²) in [5, 5.41) is 0. The maximum atomic E-state index is 10.5. The van der Waals surface area contributed by atoms with Crippen LogP contribution in [0.1, 0.15) is 6.92 Å². The van der Waals surface area contributed by atoms with Gasteiger partial charge in [0.15, 0.2) is 0 Å². The van der Waals surface area contributed by atoms with Crippen LogP contribution in [0.2, 0.25) is 0 Å². The van der Waals surface area contributed by atoms with E-state index in [4.69, 9.17) is 9.11 Å². The molecule has 0 aromatic carbocycles. The zero-order valence-corrected chi connectivity index (χ0v) is 6.13. The molecule has 7 heteroatoms. The van der Waals surface area contributed by atoms with Crippen LogP contribution in [0.25, 0.3) is 0 Å². The van der Waals surface area contributed by atoms with Crippen molar-refractivity contribution in [1.82, 2.24) is 0 Å². The number of hydrogen-bond donors (Lipinski definition) is 2. The molecule has 0 rings (SSSR count). The first-order valence-electron chi connectivity index (χ1n) is 2.35. The standard InChI is InChI=1S/C4H8O5S.Na.H/c1-4(6)2-10(7,8,9)3-5;;/h3H,2H2,1H3,(H2,7,8,9);;. The van der Waals surface area contributed by atoms with Crippen molar-refractivity contribution in [2.45, 2.75) is 6.92 Å². The minimum atomic E-state index is -5.25. The predicted octanol–water partition coefficient (Wildman–Crippen LogP) is -1.12. The molecule has 11 heavy (non-hydrogen) atoms. The fourth-order valence-corrected chi connectivity index (χ4v) is 1.25. The summed E-state index contributed by atoms with van der Waals surface area (Å²) in [6, 6.07) is 0. The molecule has 0 bridgehead atoms. The van der Waals surface area contributed by atoms with Crippen molar-refractivity contribution in [3.63, 3.8) is 0 Å². The molecule has 5 nitrogen and oxygen atoms in total. The third kappa shape index (κ3) is 6.79. The zero-order chi connectivity index (χ0) is 8.44. The van der Waals surface area contributed by atoms with E-state index in [1.165, 1.54) is 0 Å². The average molecular weight is 192 g/mol. The van der Waals surface area contributed by atoms with Gasteiger partial charge in [-0.15, -0.1) is 0 Å². The summed E-state index contributed by atoms with van der Waals surface area (Å²) < 4.78 is 27.4. The van der Waals surface area contributed by atoms with Gasteiger partial charge >= 0.3 is 29.6 Å². The second-order valence-electron chi connectivity index (χ2n) is 2.02. The van der Waals surface area contributed by atoms with Crippen LogP contribution in [-0.2, 0) is 19.2 Å². The molecule has 0 amide bonds. The Kier molecular flexibility index (Phi) is 4.93. The quantitative estimate of drug-likeness (QED) is 0.436. The van der Waals surface area contributed by atoms with Gasteiger partial charge in [-0.1, -0.05) is 0 Å². The Morgan fingerprint density at radius 2 is 1.91 bits per heavy atom. The second-order valence-corrected chi connectivity index (χ2v) is 4.67. The predicted molar refractivity (Wildman–Crippen MR) is 42.8 cm³/mol. The van der Waals surface area contributed by atoms with Crippen LogP contribution in [0, 0.1) is 0 Å². The summed E-state index contributed by atoms with van der Waals surface area (Å²) in [4.78, 5) is 19.9. The molecular formula is C4H9NaO5S. The zero-order valence-electron chi connectivity index (χ0n) is 5.31. The number of carbonyl (C=O) groups is 2. The molecular weight excluding hydrogens is 183 g/mol. The van der Waals surface area contributed by atoms with Gasteiger partial charge in [0.05, 0.1) is 0 Å². The molecule has 0 heterocycles. The number of carbonyl (C=O) groups excluding carboxylic acids is 2. The average Bonchev–Trinajstić information content (AvgIpc) is 1.61. The van der Waals surface area contributed by atoms with E-state index in [0.29, 0.717) is 0 Å². The van der Waals surface area contributed by atoms with Crippen molar-refractivity contribution in [3.05, 3.63) is 0 Å². The SMILES string of the molecule is CC(=O)CS(=O)(O)(O)C=O.[NaH]. The molecule has 62 valence electrons. The van der Waals surface area contributed by atoms with Crippen LogP contribution in [-0.4, -0.2) is 60.0 Å². The van der Waals surface area contributed by atoms with Crippen LogP contribution in [0.3, 0.4) is 0 Å². The van der Waals surface area contributed by atoms with E-state index in [2.05, 4.69) is 0 Å². The molecule has 0 fully saturated rings. The molecule has 0 atom stereocenters. The normalized spacial score (nSPS) is 13.9. The summed E-state index contributed by atoms with van der Waals surface area (Å²) in [6.45, 7) is 1.00. The summed E-state index contributed by atoms with van der Waals surface area (Å²) in [5.41, 5.74) is -0.501. The maximum absolute atomic E-state index is 10.5. The Bertz CT molecular complexity index is 229. The van der Waals surface area contributed by atoms with Crippen LogP contribution >= 0.6 is 0 Å². The van der Waals surface area contributed by atoms with Gasteiger partial charge in [-0.3, -0.25) is 9.59 Å². The molecule has 0 aromatic rings. The van der Waals surface area contributed by atoms with E-state index in [-0.39, 0.29) is 29.6 Å². The minimum absolute atomic E-state index is 0. The van der Waals surface area contributed by atoms with Crippen molar-refractivity contribution in [1.29, 1.82) is 0 Å². The first-order chi connectivity index (χ1) is 4.24. The molecule has 0 unspecified atom stereocenters. The van der Waals surface area contributed by atoms with Gasteiger partial charge in [-0.05, 0) is 6.92 Å². The van der Waals surface area contributed by atoms with Gasteiger partial charge in [0.1, 0.15) is 21.2 Å². The monoisotopic (exact) mass is 192 g/mol. The summed E-state index contributed by atoms with van der Waals surface area (Å²) in [6.07, 6.45) is 0. The van der Waals surface area contributed by atoms with E-state index in [0.717, 1.165) is 6.92 Å². The summed E-state index contributed by atoms with van der Waals surface area (Å²) in [5.74, 6) is -1.74. The first-order valence-corrected chi connectivity index (χ1v) is 4.46. The van der Waals surface area contributed by atoms with Crippen LogP contribution < -0.4 is 0 Å². The summed E-state index contributed by atoms with van der Waals surface area (Å²) in [7, 11) is -5.25. The van der Waals surface area contributed by atoms with Gasteiger partial charge in [-0.2, -0.15) is 0 Å². The van der Waals surface area contributed by atoms with Gasteiger partial charge < -0.3 is 9.11 Å². The second kappa shape index (κ2) is 3.88. The fraction of sp³-hybridized carbons (Fsp3) is 0.500. The van der Waals surface area contributed by atoms with Gasteiger partial charge in [-0.25, -0.2) is 4.21 Å². The van der Waals surface area contributed by atoms with Crippen LogP contribution in [0.5, 0.6) is 0 Å². The Balaban J connectivity index is 0. The first kappa shape index (κ1) is 14.0. The van der Waals surface area contributed by atoms with E-state index in [1.807, 2.05) is 0 Å². The molecule has 0 saturated carbocycles. The number of Topliss-reactive ketones (excluding diaryl/α,β-unsaturated/α-hetero) is 1. The number of rotatable bonds is 3. The van der Waals surface area contributed by atoms with Crippen molar-refractivity contribution < 1.29 is 22.9 Å². The van der Waals surface area contributed by atoms with Crippen molar-refractivity contribution in [3.8, 4) is 0 Å². The molecule has 0 spiro atoms. The van der Waals surface area contributed by atoms with E-state index < -0.39 is 26.8 Å². The molecule has 0 aliphatic rings. The molecule has 0 aliphatic carbocycles. The summed E-state index contributed by atoms with van der Waals surface area (Å²) >= 11 is 0. The Morgan fingerprint density at radius 1 is 1.55 bits per heavy atom. The van der Waals surface area contributed by atoms with E-state index in [9.17, 15) is 13.8 Å². The van der Waals surface area contributed by atoms with Gasteiger partial charge in [0.2, 0.25) is 5.62 Å². The van der Waals surface area contributed by atoms with Crippen molar-refractivity contribution in [2.75, 3.05) is 5.75 Å². The number of ketones is 1.